The first kappa shape index (κ1) is 19.1. The lowest BCUT2D eigenvalue weighted by atomic mass is 9.93. The number of thiazole rings is 1. The molecule has 0 spiro atoms. The van der Waals surface area contributed by atoms with Crippen molar-refractivity contribution in [3.63, 3.8) is 0 Å². The first-order valence-electron chi connectivity index (χ1n) is 10.6. The Morgan fingerprint density at radius 1 is 0.643 bits per heavy atom. The van der Waals surface area contributed by atoms with Gasteiger partial charge in [-0.15, -0.1) is 11.3 Å². The van der Waals surface area contributed by atoms with Gasteiger partial charge in [-0.1, -0.05) is 93.1 Å². The molecule has 0 bridgehead atoms. The largest absolute Gasteiger partial charge is 0.232 e. The van der Waals surface area contributed by atoms with Crippen molar-refractivity contribution in [2.45, 2.75) is 57.3 Å². The summed E-state index contributed by atoms with van der Waals surface area (Å²) in [5.74, 6) is 0.597. The maximum absolute atomic E-state index is 5.00. The molecule has 1 saturated carbocycles. The third-order valence-corrected chi connectivity index (χ3v) is 6.57. The first-order chi connectivity index (χ1) is 13.9. The van der Waals surface area contributed by atoms with E-state index in [4.69, 9.17) is 9.97 Å². The number of rotatable bonds is 2. The molecule has 2 heterocycles. The fraction of sp³-hybridized carbons (Fsp3) is 0.360. The zero-order valence-electron chi connectivity index (χ0n) is 16.4. The molecule has 1 aliphatic rings. The zero-order chi connectivity index (χ0) is 19.0. The molecule has 0 amide bonds. The molecule has 0 N–H and O–H groups in total. The van der Waals surface area contributed by atoms with E-state index >= 15 is 0 Å². The first-order valence-corrected chi connectivity index (χ1v) is 11.4. The third kappa shape index (κ3) is 4.96. The Bertz CT molecular complexity index is 926. The van der Waals surface area contributed by atoms with Gasteiger partial charge in [-0.25, -0.2) is 9.97 Å². The molecule has 0 aliphatic heterocycles. The van der Waals surface area contributed by atoms with Crippen LogP contribution in [0.4, 0.5) is 0 Å². The van der Waals surface area contributed by atoms with E-state index in [0.29, 0.717) is 5.92 Å². The maximum Gasteiger partial charge on any atom is 0.171 e. The highest BCUT2D eigenvalue weighted by molar-refractivity contribution is 7.21. The fourth-order valence-electron chi connectivity index (χ4n) is 3.95. The Morgan fingerprint density at radius 2 is 1.25 bits per heavy atom. The summed E-state index contributed by atoms with van der Waals surface area (Å²) in [7, 11) is 0. The van der Waals surface area contributed by atoms with Gasteiger partial charge in [0.1, 0.15) is 5.01 Å². The van der Waals surface area contributed by atoms with Gasteiger partial charge in [0.15, 0.2) is 5.65 Å². The van der Waals surface area contributed by atoms with Gasteiger partial charge < -0.3 is 0 Å². The molecule has 0 unspecified atom stereocenters. The van der Waals surface area contributed by atoms with Crippen molar-refractivity contribution < 1.29 is 0 Å². The van der Waals surface area contributed by atoms with Crippen LogP contribution in [0.3, 0.4) is 0 Å². The van der Waals surface area contributed by atoms with Gasteiger partial charge in [-0.05, 0) is 25.0 Å². The van der Waals surface area contributed by atoms with Gasteiger partial charge in [-0.2, -0.15) is 0 Å². The van der Waals surface area contributed by atoms with Gasteiger partial charge in [0.25, 0.3) is 0 Å². The molecule has 2 nitrogen and oxygen atoms in total. The molecule has 0 radical (unpaired) electrons. The quantitative estimate of drug-likeness (QED) is 0.449. The molecule has 0 saturated heterocycles. The molecule has 1 fully saturated rings. The average molecular weight is 389 g/mol. The number of nitrogens with zero attached hydrogens (tertiary/aromatic N) is 2. The van der Waals surface area contributed by atoms with Crippen LogP contribution in [0.25, 0.3) is 20.9 Å². The van der Waals surface area contributed by atoms with E-state index in [0.717, 1.165) is 16.2 Å². The molecule has 1 aromatic carbocycles. The van der Waals surface area contributed by atoms with Gasteiger partial charge in [-0.3, -0.25) is 0 Å². The fourth-order valence-corrected chi connectivity index (χ4v) is 4.86. The molecule has 1 aliphatic carbocycles. The van der Waals surface area contributed by atoms with Crippen LogP contribution in [0.1, 0.15) is 63.0 Å². The van der Waals surface area contributed by atoms with Gasteiger partial charge in [0, 0.05) is 17.2 Å². The Hall–Kier alpha value is -2.26. The van der Waals surface area contributed by atoms with E-state index in [2.05, 4.69) is 36.4 Å². The average Bonchev–Trinajstić information content (AvgIpc) is 3.20. The molecule has 2 aromatic heterocycles. The highest BCUT2D eigenvalue weighted by Gasteiger charge is 2.16. The molecule has 28 heavy (non-hydrogen) atoms. The van der Waals surface area contributed by atoms with Crippen LogP contribution in [0.5, 0.6) is 0 Å². The summed E-state index contributed by atoms with van der Waals surface area (Å²) in [6, 6.07) is 23.0. The number of hydrogen-bond acceptors (Lipinski definition) is 3. The molecule has 0 atom stereocenters. The zero-order valence-corrected chi connectivity index (χ0v) is 17.2. The third-order valence-electron chi connectivity index (χ3n) is 5.51. The van der Waals surface area contributed by atoms with E-state index in [1.165, 1.54) is 61.8 Å². The number of fused-ring (bicyclic) bond motifs is 1. The Kier molecular flexibility index (Phi) is 6.67. The molecule has 3 heteroatoms. The molecule has 144 valence electrons. The van der Waals surface area contributed by atoms with Crippen molar-refractivity contribution >= 4 is 21.7 Å². The predicted molar refractivity (Wildman–Crippen MR) is 120 cm³/mol. The van der Waals surface area contributed by atoms with Crippen molar-refractivity contribution in [2.75, 3.05) is 0 Å². The summed E-state index contributed by atoms with van der Waals surface area (Å²) in [6.07, 6.45) is 10.8. The minimum atomic E-state index is 0.597. The van der Waals surface area contributed by atoms with Crippen LogP contribution in [-0.2, 0) is 0 Å². The lowest BCUT2D eigenvalue weighted by Gasteiger charge is -2.15. The normalized spacial score (nSPS) is 16.0. The van der Waals surface area contributed by atoms with Crippen LogP contribution in [0.2, 0.25) is 0 Å². The summed E-state index contributed by atoms with van der Waals surface area (Å²) in [5, 5.41) is 1.04. The van der Waals surface area contributed by atoms with E-state index in [1.54, 1.807) is 11.3 Å². The SMILES string of the molecule is c1ccccc(-c2nc3nc(C4CCCCCCCC4)ccc3s2)cccc1. The highest BCUT2D eigenvalue weighted by Crippen LogP contribution is 2.33. The second-order valence-corrected chi connectivity index (χ2v) is 8.64. The summed E-state index contributed by atoms with van der Waals surface area (Å²) in [4.78, 5) is 9.89. The summed E-state index contributed by atoms with van der Waals surface area (Å²) >= 11 is 1.73. The molecular weight excluding hydrogens is 360 g/mol. The van der Waals surface area contributed by atoms with Crippen LogP contribution in [-0.4, -0.2) is 9.97 Å². The van der Waals surface area contributed by atoms with Crippen molar-refractivity contribution in [2.24, 2.45) is 0 Å². The van der Waals surface area contributed by atoms with Gasteiger partial charge in [0.05, 0.1) is 4.70 Å². The van der Waals surface area contributed by atoms with Gasteiger partial charge >= 0.3 is 0 Å². The number of aromatic nitrogens is 2. The second kappa shape index (κ2) is 9.79. The monoisotopic (exact) mass is 388 g/mol. The van der Waals surface area contributed by atoms with Crippen molar-refractivity contribution in [1.82, 2.24) is 9.97 Å². The maximum atomic E-state index is 5.00. The Morgan fingerprint density at radius 3 is 1.93 bits per heavy atom. The summed E-state index contributed by atoms with van der Waals surface area (Å²) < 4.78 is 1.17. The number of hydrogen-bond donors (Lipinski definition) is 0. The molecule has 3 aromatic rings. The molecular formula is C25H28N2S. The number of pyridine rings is 1. The topological polar surface area (TPSA) is 25.8 Å². The van der Waals surface area contributed by atoms with E-state index in [9.17, 15) is 0 Å². The predicted octanol–water partition coefficient (Wildman–Crippen LogP) is 7.70. The van der Waals surface area contributed by atoms with E-state index < -0.39 is 0 Å². The highest BCUT2D eigenvalue weighted by atomic mass is 32.1. The van der Waals surface area contributed by atoms with E-state index in [-0.39, 0.29) is 0 Å². The lowest BCUT2D eigenvalue weighted by Crippen LogP contribution is -2.01. The van der Waals surface area contributed by atoms with Gasteiger partial charge in [0.2, 0.25) is 0 Å². The van der Waals surface area contributed by atoms with Crippen molar-refractivity contribution in [3.05, 3.63) is 72.4 Å². The van der Waals surface area contributed by atoms with Crippen LogP contribution in [0.15, 0.2) is 66.7 Å². The molecule has 4 rings (SSSR count). The summed E-state index contributed by atoms with van der Waals surface area (Å²) in [6.45, 7) is 0. The second-order valence-electron chi connectivity index (χ2n) is 7.61. The van der Waals surface area contributed by atoms with Crippen LogP contribution < -0.4 is 0 Å². The smallest absolute Gasteiger partial charge is 0.171 e. The Labute approximate surface area is 172 Å². The minimum absolute atomic E-state index is 0.597. The minimum Gasteiger partial charge on any atom is -0.232 e. The Balaban J connectivity index is 1.65. The van der Waals surface area contributed by atoms with Crippen LogP contribution >= 0.6 is 11.3 Å². The van der Waals surface area contributed by atoms with E-state index in [1.807, 2.05) is 30.3 Å². The van der Waals surface area contributed by atoms with Crippen molar-refractivity contribution in [1.29, 1.82) is 0 Å². The standard InChI is InChI=1S/C25H28N2S/c1-2-8-12-16-21(17-13-9-3-1)25-27-24-23(28-25)19-18-22(26-24)20-14-10-6-4-5-7-11-15-20/h1-3,8-9,12-13,16-20H,4-7,10-11,14-15H2. The van der Waals surface area contributed by atoms with Crippen molar-refractivity contribution in [3.8, 4) is 10.6 Å². The van der Waals surface area contributed by atoms with Crippen LogP contribution in [0, 0.1) is 0 Å². The lowest BCUT2D eigenvalue weighted by molar-refractivity contribution is 0.530. The summed E-state index contributed by atoms with van der Waals surface area (Å²) in [5.41, 5.74) is 3.28.